The first-order valence-corrected chi connectivity index (χ1v) is 7.78. The molecule has 0 radical (unpaired) electrons. The van der Waals surface area contributed by atoms with E-state index in [9.17, 15) is 4.79 Å². The summed E-state index contributed by atoms with van der Waals surface area (Å²) in [5.74, 6) is 0.706. The lowest BCUT2D eigenvalue weighted by Crippen LogP contribution is -2.12. The fourth-order valence-corrected chi connectivity index (χ4v) is 2.78. The molecule has 0 aliphatic carbocycles. The van der Waals surface area contributed by atoms with Crippen molar-refractivity contribution in [3.05, 3.63) is 78.6 Å². The number of hydrogen-bond donors (Lipinski definition) is 2. The van der Waals surface area contributed by atoms with Gasteiger partial charge in [0.1, 0.15) is 5.82 Å². The number of hydrogen-bond acceptors (Lipinski definition) is 4. The van der Waals surface area contributed by atoms with Crippen LogP contribution in [0.3, 0.4) is 0 Å². The first-order valence-electron chi connectivity index (χ1n) is 7.78. The first kappa shape index (κ1) is 14.9. The molecule has 0 spiro atoms. The van der Waals surface area contributed by atoms with E-state index >= 15 is 0 Å². The molecule has 122 valence electrons. The number of carbonyl (C=O) groups is 1. The molecule has 0 bridgehead atoms. The summed E-state index contributed by atoms with van der Waals surface area (Å²) in [4.78, 5) is 20.8. The van der Waals surface area contributed by atoms with Gasteiger partial charge in [-0.1, -0.05) is 24.3 Å². The fourth-order valence-electron chi connectivity index (χ4n) is 2.78. The van der Waals surface area contributed by atoms with E-state index in [0.29, 0.717) is 11.4 Å². The number of nitrogens with zero attached hydrogens (tertiary/aromatic N) is 3. The number of rotatable bonds is 3. The van der Waals surface area contributed by atoms with Crippen LogP contribution in [0.2, 0.25) is 0 Å². The Morgan fingerprint density at radius 3 is 2.64 bits per heavy atom. The van der Waals surface area contributed by atoms with E-state index in [0.717, 1.165) is 16.6 Å². The summed E-state index contributed by atoms with van der Waals surface area (Å²) in [6, 6.07) is 18.6. The number of nitrogens with one attached hydrogen (secondary N) is 1. The smallest absolute Gasteiger partial charge is 0.256 e. The molecule has 0 atom stereocenters. The average molecular weight is 329 g/mol. The second kappa shape index (κ2) is 6.09. The Morgan fingerprint density at radius 2 is 1.84 bits per heavy atom. The third-order valence-corrected chi connectivity index (χ3v) is 3.92. The maximum atomic E-state index is 12.7. The molecule has 0 fully saturated rings. The Hall–Kier alpha value is -3.67. The topological polar surface area (TPSA) is 85.8 Å². The van der Waals surface area contributed by atoms with Gasteiger partial charge in [-0.05, 0) is 36.4 Å². The maximum Gasteiger partial charge on any atom is 0.256 e. The van der Waals surface area contributed by atoms with Crippen LogP contribution in [-0.4, -0.2) is 20.4 Å². The summed E-state index contributed by atoms with van der Waals surface area (Å²) in [6.45, 7) is 0. The summed E-state index contributed by atoms with van der Waals surface area (Å²) in [7, 11) is 0. The first-order chi connectivity index (χ1) is 12.2. The maximum absolute atomic E-state index is 12.7. The number of para-hydroxylation sites is 1. The van der Waals surface area contributed by atoms with Gasteiger partial charge in [0, 0.05) is 29.0 Å². The Labute approximate surface area is 144 Å². The van der Waals surface area contributed by atoms with Gasteiger partial charge in [0.25, 0.3) is 5.91 Å². The zero-order valence-corrected chi connectivity index (χ0v) is 13.3. The molecule has 3 N–H and O–H groups in total. The van der Waals surface area contributed by atoms with Crippen LogP contribution >= 0.6 is 0 Å². The number of carbonyl (C=O) groups excluding carboxylic acids is 1. The van der Waals surface area contributed by atoms with Crippen molar-refractivity contribution in [1.29, 1.82) is 0 Å². The number of nitrogens with two attached hydrogens (primary N) is 1. The van der Waals surface area contributed by atoms with Crippen molar-refractivity contribution in [2.45, 2.75) is 0 Å². The highest BCUT2D eigenvalue weighted by Gasteiger charge is 2.13. The Kier molecular flexibility index (Phi) is 3.63. The Balaban J connectivity index is 1.75. The molecule has 6 heteroatoms. The molecule has 2 aromatic heterocycles. The monoisotopic (exact) mass is 329 g/mol. The molecule has 0 aliphatic rings. The molecular weight excluding hydrogens is 314 g/mol. The van der Waals surface area contributed by atoms with Crippen molar-refractivity contribution in [1.82, 2.24) is 14.5 Å². The van der Waals surface area contributed by atoms with E-state index < -0.39 is 0 Å². The Bertz CT molecular complexity index is 1060. The lowest BCUT2D eigenvalue weighted by molar-refractivity contribution is 0.102. The normalized spacial score (nSPS) is 10.7. The Morgan fingerprint density at radius 1 is 1.00 bits per heavy atom. The largest absolute Gasteiger partial charge is 0.368 e. The van der Waals surface area contributed by atoms with Crippen molar-refractivity contribution in [2.75, 3.05) is 11.1 Å². The molecule has 2 aromatic carbocycles. The quantitative estimate of drug-likeness (QED) is 0.604. The van der Waals surface area contributed by atoms with E-state index in [1.165, 1.54) is 0 Å². The molecule has 6 nitrogen and oxygen atoms in total. The number of anilines is 2. The van der Waals surface area contributed by atoms with Gasteiger partial charge in [0.2, 0.25) is 5.95 Å². The summed E-state index contributed by atoms with van der Waals surface area (Å²) in [5, 5.41) is 3.76. The van der Waals surface area contributed by atoms with Crippen LogP contribution < -0.4 is 11.1 Å². The van der Waals surface area contributed by atoms with E-state index in [1.54, 1.807) is 18.3 Å². The minimum atomic E-state index is -0.156. The number of aromatic nitrogens is 3. The van der Waals surface area contributed by atoms with Crippen molar-refractivity contribution >= 4 is 28.4 Å². The molecule has 0 saturated heterocycles. The highest BCUT2D eigenvalue weighted by molar-refractivity contribution is 6.12. The summed E-state index contributed by atoms with van der Waals surface area (Å²) < 4.78 is 1.88. The number of amides is 1. The van der Waals surface area contributed by atoms with Crippen LogP contribution in [0.4, 0.5) is 11.6 Å². The number of fused-ring (bicyclic) bond motifs is 1. The fraction of sp³-hybridized carbons (Fsp3) is 0. The van der Waals surface area contributed by atoms with Gasteiger partial charge < -0.3 is 15.6 Å². The van der Waals surface area contributed by atoms with Crippen LogP contribution in [0.25, 0.3) is 16.7 Å². The molecule has 0 unspecified atom stereocenters. The van der Waals surface area contributed by atoms with Gasteiger partial charge in [0.15, 0.2) is 0 Å². The van der Waals surface area contributed by atoms with Gasteiger partial charge in [-0.2, -0.15) is 4.98 Å². The van der Waals surface area contributed by atoms with E-state index in [-0.39, 0.29) is 11.9 Å². The van der Waals surface area contributed by atoms with Crippen molar-refractivity contribution in [3.63, 3.8) is 0 Å². The van der Waals surface area contributed by atoms with Gasteiger partial charge >= 0.3 is 0 Å². The van der Waals surface area contributed by atoms with Gasteiger partial charge in [-0.3, -0.25) is 4.79 Å². The molecule has 1 amide bonds. The number of nitrogen functional groups attached to an aromatic ring is 1. The molecule has 2 heterocycles. The van der Waals surface area contributed by atoms with E-state index in [2.05, 4.69) is 15.3 Å². The standard InChI is InChI=1S/C19H15N5O/c20-19-21-11-9-17(23-19)24-12-10-14-15(7-4-8-16(14)24)18(25)22-13-5-2-1-3-6-13/h1-12H,(H,22,25)(H2,20,21,23). The summed E-state index contributed by atoms with van der Waals surface area (Å²) in [5.41, 5.74) is 7.90. The van der Waals surface area contributed by atoms with Crippen LogP contribution in [0.1, 0.15) is 10.4 Å². The molecular formula is C19H15N5O. The van der Waals surface area contributed by atoms with Crippen LogP contribution in [0.5, 0.6) is 0 Å². The molecule has 4 aromatic rings. The molecule has 4 rings (SSSR count). The van der Waals surface area contributed by atoms with Crippen molar-refractivity contribution in [2.24, 2.45) is 0 Å². The average Bonchev–Trinajstić information content (AvgIpc) is 3.06. The number of benzene rings is 2. The van der Waals surface area contributed by atoms with Crippen molar-refractivity contribution in [3.8, 4) is 5.82 Å². The highest BCUT2D eigenvalue weighted by atomic mass is 16.1. The molecule has 0 saturated carbocycles. The predicted octanol–water partition coefficient (Wildman–Crippen LogP) is 3.26. The third-order valence-electron chi connectivity index (χ3n) is 3.92. The minimum absolute atomic E-state index is 0.156. The van der Waals surface area contributed by atoms with Gasteiger partial charge in [-0.15, -0.1) is 0 Å². The summed E-state index contributed by atoms with van der Waals surface area (Å²) >= 11 is 0. The second-order valence-corrected chi connectivity index (χ2v) is 5.52. The lowest BCUT2D eigenvalue weighted by Gasteiger charge is -2.08. The SMILES string of the molecule is Nc1nccc(-n2ccc3c(C(=O)Nc4ccccc4)cccc32)n1. The predicted molar refractivity (Wildman–Crippen MR) is 97.7 cm³/mol. The molecule has 0 aliphatic heterocycles. The molecule has 25 heavy (non-hydrogen) atoms. The zero-order chi connectivity index (χ0) is 17.2. The van der Waals surface area contributed by atoms with Gasteiger partial charge in [-0.25, -0.2) is 4.98 Å². The zero-order valence-electron chi connectivity index (χ0n) is 13.3. The van der Waals surface area contributed by atoms with Gasteiger partial charge in [0.05, 0.1) is 5.52 Å². The summed E-state index contributed by atoms with van der Waals surface area (Å²) in [6.07, 6.45) is 3.47. The lowest BCUT2D eigenvalue weighted by atomic mass is 10.1. The second-order valence-electron chi connectivity index (χ2n) is 5.52. The van der Waals surface area contributed by atoms with Crippen LogP contribution in [-0.2, 0) is 0 Å². The van der Waals surface area contributed by atoms with E-state index in [1.807, 2.05) is 59.3 Å². The van der Waals surface area contributed by atoms with Crippen LogP contribution in [0.15, 0.2) is 73.1 Å². The third kappa shape index (κ3) is 2.81. The van der Waals surface area contributed by atoms with Crippen molar-refractivity contribution < 1.29 is 4.79 Å². The van der Waals surface area contributed by atoms with Crippen LogP contribution in [0, 0.1) is 0 Å². The minimum Gasteiger partial charge on any atom is -0.368 e. The highest BCUT2D eigenvalue weighted by Crippen LogP contribution is 2.24. The van der Waals surface area contributed by atoms with E-state index in [4.69, 9.17) is 5.73 Å².